The summed E-state index contributed by atoms with van der Waals surface area (Å²) >= 11 is 0. The van der Waals surface area contributed by atoms with Gasteiger partial charge in [-0.1, -0.05) is 6.07 Å². The minimum Gasteiger partial charge on any atom is -0.494 e. The fourth-order valence-corrected chi connectivity index (χ4v) is 1.93. The molecular weight excluding hydrogens is 230 g/mol. The van der Waals surface area contributed by atoms with Crippen LogP contribution in [0.2, 0.25) is 0 Å². The molecule has 1 aromatic rings. The molecule has 0 aliphatic heterocycles. The van der Waals surface area contributed by atoms with Crippen molar-refractivity contribution in [1.82, 2.24) is 0 Å². The molecule has 0 aliphatic carbocycles. The Kier molecular flexibility index (Phi) is 5.49. The van der Waals surface area contributed by atoms with Crippen LogP contribution < -0.4 is 9.64 Å². The molecule has 0 spiro atoms. The van der Waals surface area contributed by atoms with E-state index in [4.69, 9.17) is 9.84 Å². The van der Waals surface area contributed by atoms with Crippen molar-refractivity contribution in [2.24, 2.45) is 0 Å². The lowest BCUT2D eigenvalue weighted by atomic mass is 10.1. The maximum atomic E-state index is 10.8. The second-order valence-corrected chi connectivity index (χ2v) is 3.97. The van der Waals surface area contributed by atoms with E-state index in [2.05, 4.69) is 18.7 Å². The van der Waals surface area contributed by atoms with Crippen LogP contribution in [0.4, 0.5) is 5.69 Å². The number of carboxylic acid groups (broad SMARTS) is 1. The maximum Gasteiger partial charge on any atom is 0.307 e. The van der Waals surface area contributed by atoms with Crippen LogP contribution in [0.5, 0.6) is 5.75 Å². The second kappa shape index (κ2) is 6.89. The highest BCUT2D eigenvalue weighted by atomic mass is 16.5. The Hall–Kier alpha value is -1.71. The van der Waals surface area contributed by atoms with E-state index in [1.54, 1.807) is 0 Å². The predicted octanol–water partition coefficient (Wildman–Crippen LogP) is 2.56. The average Bonchev–Trinajstić information content (AvgIpc) is 2.33. The zero-order chi connectivity index (χ0) is 13.5. The first-order chi connectivity index (χ1) is 8.62. The van der Waals surface area contributed by atoms with E-state index in [9.17, 15) is 4.79 Å². The standard InChI is InChI=1S/C14H21NO3/c1-4-15(5-2)12-8-7-11(9-14(16)17)13(10-12)18-6-3/h7-8,10H,4-6,9H2,1-3H3,(H,16,17). The summed E-state index contributed by atoms with van der Waals surface area (Å²) in [6.45, 7) is 8.45. The number of hydrogen-bond acceptors (Lipinski definition) is 3. The van der Waals surface area contributed by atoms with Gasteiger partial charge >= 0.3 is 5.97 Å². The fraction of sp³-hybridized carbons (Fsp3) is 0.500. The van der Waals surface area contributed by atoms with Crippen LogP contribution in [0.25, 0.3) is 0 Å². The van der Waals surface area contributed by atoms with Crippen molar-refractivity contribution in [3.8, 4) is 5.75 Å². The Labute approximate surface area is 108 Å². The van der Waals surface area contributed by atoms with Gasteiger partial charge in [-0.05, 0) is 26.8 Å². The molecule has 0 saturated heterocycles. The quantitative estimate of drug-likeness (QED) is 0.809. The Morgan fingerprint density at radius 3 is 2.44 bits per heavy atom. The van der Waals surface area contributed by atoms with E-state index in [0.29, 0.717) is 12.4 Å². The number of benzene rings is 1. The van der Waals surface area contributed by atoms with Crippen LogP contribution in [0, 0.1) is 0 Å². The Morgan fingerprint density at radius 1 is 1.28 bits per heavy atom. The zero-order valence-corrected chi connectivity index (χ0v) is 11.3. The van der Waals surface area contributed by atoms with Crippen LogP contribution in [0.15, 0.2) is 18.2 Å². The van der Waals surface area contributed by atoms with E-state index in [-0.39, 0.29) is 6.42 Å². The van der Waals surface area contributed by atoms with Gasteiger partial charge in [0, 0.05) is 30.4 Å². The average molecular weight is 251 g/mol. The lowest BCUT2D eigenvalue weighted by molar-refractivity contribution is -0.136. The summed E-state index contributed by atoms with van der Waals surface area (Å²) in [7, 11) is 0. The van der Waals surface area contributed by atoms with E-state index in [1.165, 1.54) is 0 Å². The lowest BCUT2D eigenvalue weighted by Crippen LogP contribution is -2.21. The first kappa shape index (κ1) is 14.4. The Balaban J connectivity index is 3.05. The van der Waals surface area contributed by atoms with E-state index in [1.807, 2.05) is 25.1 Å². The number of nitrogens with zero attached hydrogens (tertiary/aromatic N) is 1. The lowest BCUT2D eigenvalue weighted by Gasteiger charge is -2.22. The number of ether oxygens (including phenoxy) is 1. The normalized spacial score (nSPS) is 10.2. The fourth-order valence-electron chi connectivity index (χ4n) is 1.93. The maximum absolute atomic E-state index is 10.8. The van der Waals surface area contributed by atoms with Crippen molar-refractivity contribution in [1.29, 1.82) is 0 Å². The van der Waals surface area contributed by atoms with Crippen LogP contribution in [0.1, 0.15) is 26.3 Å². The van der Waals surface area contributed by atoms with Crippen LogP contribution in [-0.2, 0) is 11.2 Å². The molecule has 1 N–H and O–H groups in total. The Morgan fingerprint density at radius 2 is 1.94 bits per heavy atom. The van der Waals surface area contributed by atoms with Gasteiger partial charge in [0.15, 0.2) is 0 Å². The summed E-state index contributed by atoms with van der Waals surface area (Å²) in [6.07, 6.45) is -0.00609. The number of carbonyl (C=O) groups is 1. The van der Waals surface area contributed by atoms with E-state index >= 15 is 0 Å². The number of aliphatic carboxylic acids is 1. The summed E-state index contributed by atoms with van der Waals surface area (Å²) in [5.41, 5.74) is 1.79. The van der Waals surface area contributed by atoms with Crippen LogP contribution >= 0.6 is 0 Å². The molecule has 4 nitrogen and oxygen atoms in total. The summed E-state index contributed by atoms with van der Waals surface area (Å²) in [5.74, 6) is -0.171. The van der Waals surface area contributed by atoms with Gasteiger partial charge in [0.25, 0.3) is 0 Å². The molecule has 0 aromatic heterocycles. The van der Waals surface area contributed by atoms with Gasteiger partial charge in [0.05, 0.1) is 13.0 Å². The molecule has 0 radical (unpaired) electrons. The van der Waals surface area contributed by atoms with Crippen molar-refractivity contribution in [3.05, 3.63) is 23.8 Å². The molecule has 100 valence electrons. The smallest absolute Gasteiger partial charge is 0.307 e. The molecule has 18 heavy (non-hydrogen) atoms. The first-order valence-corrected chi connectivity index (χ1v) is 6.34. The third-order valence-corrected chi connectivity index (χ3v) is 2.82. The van der Waals surface area contributed by atoms with Gasteiger partial charge in [-0.25, -0.2) is 0 Å². The summed E-state index contributed by atoms with van der Waals surface area (Å²) < 4.78 is 5.53. The molecule has 0 bridgehead atoms. The summed E-state index contributed by atoms with van der Waals surface area (Å²) in [4.78, 5) is 13.0. The molecule has 0 amide bonds. The van der Waals surface area contributed by atoms with Crippen molar-refractivity contribution >= 4 is 11.7 Å². The summed E-state index contributed by atoms with van der Waals surface area (Å²) in [6, 6.07) is 5.72. The third-order valence-electron chi connectivity index (χ3n) is 2.82. The van der Waals surface area contributed by atoms with Crippen molar-refractivity contribution in [2.45, 2.75) is 27.2 Å². The zero-order valence-electron chi connectivity index (χ0n) is 11.3. The van der Waals surface area contributed by atoms with Gasteiger partial charge < -0.3 is 14.7 Å². The number of anilines is 1. The van der Waals surface area contributed by atoms with Crippen molar-refractivity contribution in [3.63, 3.8) is 0 Å². The molecule has 0 atom stereocenters. The van der Waals surface area contributed by atoms with Gasteiger partial charge in [0.1, 0.15) is 5.75 Å². The molecule has 0 fully saturated rings. The molecule has 0 heterocycles. The van der Waals surface area contributed by atoms with Gasteiger partial charge in [-0.15, -0.1) is 0 Å². The number of carboxylic acids is 1. The third kappa shape index (κ3) is 3.65. The van der Waals surface area contributed by atoms with E-state index < -0.39 is 5.97 Å². The molecule has 0 unspecified atom stereocenters. The topological polar surface area (TPSA) is 49.8 Å². The highest BCUT2D eigenvalue weighted by molar-refractivity contribution is 5.72. The highest BCUT2D eigenvalue weighted by Crippen LogP contribution is 2.26. The minimum atomic E-state index is -0.841. The molecule has 0 saturated carbocycles. The second-order valence-electron chi connectivity index (χ2n) is 3.97. The molecule has 4 heteroatoms. The predicted molar refractivity (Wildman–Crippen MR) is 72.5 cm³/mol. The van der Waals surface area contributed by atoms with Gasteiger partial charge in [0.2, 0.25) is 0 Å². The highest BCUT2D eigenvalue weighted by Gasteiger charge is 2.11. The molecule has 1 rings (SSSR count). The summed E-state index contributed by atoms with van der Waals surface area (Å²) in [5, 5.41) is 8.86. The molecular formula is C14H21NO3. The van der Waals surface area contributed by atoms with Crippen molar-refractivity contribution in [2.75, 3.05) is 24.6 Å². The van der Waals surface area contributed by atoms with Crippen LogP contribution in [0.3, 0.4) is 0 Å². The molecule has 1 aromatic carbocycles. The monoisotopic (exact) mass is 251 g/mol. The van der Waals surface area contributed by atoms with E-state index in [0.717, 1.165) is 24.3 Å². The van der Waals surface area contributed by atoms with Gasteiger partial charge in [-0.2, -0.15) is 0 Å². The first-order valence-electron chi connectivity index (χ1n) is 6.34. The van der Waals surface area contributed by atoms with Crippen molar-refractivity contribution < 1.29 is 14.6 Å². The minimum absolute atomic E-state index is 0.00609. The molecule has 0 aliphatic rings. The number of hydrogen-bond donors (Lipinski definition) is 1. The van der Waals surface area contributed by atoms with Gasteiger partial charge in [-0.3, -0.25) is 4.79 Å². The SMILES string of the molecule is CCOc1cc(N(CC)CC)ccc1CC(=O)O. The number of rotatable bonds is 7. The van der Waals surface area contributed by atoms with Crippen LogP contribution in [-0.4, -0.2) is 30.8 Å². The Bertz CT molecular complexity index is 400. The largest absolute Gasteiger partial charge is 0.494 e.